The highest BCUT2D eigenvalue weighted by molar-refractivity contribution is 7.88. The van der Waals surface area contributed by atoms with E-state index in [0.717, 1.165) is 0 Å². The third-order valence-corrected chi connectivity index (χ3v) is 5.83. The van der Waals surface area contributed by atoms with Crippen LogP contribution in [-0.2, 0) is 10.0 Å². The van der Waals surface area contributed by atoms with Gasteiger partial charge in [0.1, 0.15) is 0 Å². The Hall–Kier alpha value is -0.430. The van der Waals surface area contributed by atoms with Crippen molar-refractivity contribution >= 4 is 21.4 Å². The molecule has 0 amide bonds. The van der Waals surface area contributed by atoms with Gasteiger partial charge in [0.15, 0.2) is 0 Å². The molecule has 1 aliphatic carbocycles. The maximum absolute atomic E-state index is 11.4. The lowest BCUT2D eigenvalue weighted by Crippen LogP contribution is -2.50. The van der Waals surface area contributed by atoms with Crippen molar-refractivity contribution in [2.45, 2.75) is 51.1 Å². The second-order valence-electron chi connectivity index (χ2n) is 6.68. The predicted molar refractivity (Wildman–Crippen MR) is 89.1 cm³/mol. The largest absolute Gasteiger partial charge is 0.307 e. The highest BCUT2D eigenvalue weighted by atomic mass is 32.2. The SMILES string of the molecule is CC(C)(CNC(c1cccs1)C1CCCC1)NS(C)(=O)=O. The maximum Gasteiger partial charge on any atom is 0.209 e. The molecule has 6 heteroatoms. The Morgan fingerprint density at radius 2 is 2.05 bits per heavy atom. The monoisotopic (exact) mass is 330 g/mol. The average Bonchev–Trinajstić information content (AvgIpc) is 2.97. The third-order valence-electron chi connectivity index (χ3n) is 3.95. The molecule has 1 aromatic heterocycles. The number of hydrogen-bond donors (Lipinski definition) is 2. The Morgan fingerprint density at radius 3 is 2.57 bits per heavy atom. The highest BCUT2D eigenvalue weighted by Gasteiger charge is 2.29. The minimum atomic E-state index is -3.19. The van der Waals surface area contributed by atoms with Crippen molar-refractivity contribution in [2.24, 2.45) is 5.92 Å². The molecule has 1 unspecified atom stereocenters. The van der Waals surface area contributed by atoms with E-state index in [-0.39, 0.29) is 0 Å². The number of thiophene rings is 1. The summed E-state index contributed by atoms with van der Waals surface area (Å²) >= 11 is 1.78. The molecule has 2 N–H and O–H groups in total. The van der Waals surface area contributed by atoms with Gasteiger partial charge in [-0.1, -0.05) is 18.9 Å². The molecule has 21 heavy (non-hydrogen) atoms. The summed E-state index contributed by atoms with van der Waals surface area (Å²) < 4.78 is 25.6. The lowest BCUT2D eigenvalue weighted by molar-refractivity contribution is 0.327. The first-order chi connectivity index (χ1) is 9.77. The van der Waals surface area contributed by atoms with Gasteiger partial charge in [-0.05, 0) is 44.1 Å². The molecule has 1 heterocycles. The van der Waals surface area contributed by atoms with Crippen LogP contribution in [0.5, 0.6) is 0 Å². The van der Waals surface area contributed by atoms with E-state index in [9.17, 15) is 8.42 Å². The van der Waals surface area contributed by atoms with Gasteiger partial charge in [-0.3, -0.25) is 0 Å². The van der Waals surface area contributed by atoms with Crippen molar-refractivity contribution in [1.82, 2.24) is 10.0 Å². The van der Waals surface area contributed by atoms with Gasteiger partial charge in [-0.2, -0.15) is 0 Å². The van der Waals surface area contributed by atoms with Crippen molar-refractivity contribution in [2.75, 3.05) is 12.8 Å². The second kappa shape index (κ2) is 6.77. The van der Waals surface area contributed by atoms with Crippen molar-refractivity contribution in [3.8, 4) is 0 Å². The van der Waals surface area contributed by atoms with E-state index in [1.807, 2.05) is 13.8 Å². The van der Waals surface area contributed by atoms with Crippen LogP contribution in [0.4, 0.5) is 0 Å². The predicted octanol–water partition coefficient (Wildman–Crippen LogP) is 2.90. The van der Waals surface area contributed by atoms with E-state index in [4.69, 9.17) is 0 Å². The summed E-state index contributed by atoms with van der Waals surface area (Å²) in [4.78, 5) is 1.36. The molecule has 1 aliphatic rings. The molecule has 2 rings (SSSR count). The lowest BCUT2D eigenvalue weighted by Gasteiger charge is -2.31. The van der Waals surface area contributed by atoms with Crippen LogP contribution in [-0.4, -0.2) is 26.8 Å². The summed E-state index contributed by atoms with van der Waals surface area (Å²) in [7, 11) is -3.19. The Labute approximate surface area is 132 Å². The zero-order valence-corrected chi connectivity index (χ0v) is 14.7. The van der Waals surface area contributed by atoms with Gasteiger partial charge >= 0.3 is 0 Å². The summed E-state index contributed by atoms with van der Waals surface area (Å²) in [6.07, 6.45) is 6.34. The van der Waals surface area contributed by atoms with E-state index < -0.39 is 15.6 Å². The normalized spacial score (nSPS) is 19.0. The van der Waals surface area contributed by atoms with Gasteiger partial charge in [0.2, 0.25) is 10.0 Å². The zero-order valence-electron chi connectivity index (χ0n) is 13.1. The Kier molecular flexibility index (Phi) is 5.46. The van der Waals surface area contributed by atoms with Crippen LogP contribution in [0.15, 0.2) is 17.5 Å². The molecule has 4 nitrogen and oxygen atoms in total. The fraction of sp³-hybridized carbons (Fsp3) is 0.733. The van der Waals surface area contributed by atoms with E-state index >= 15 is 0 Å². The van der Waals surface area contributed by atoms with Gasteiger partial charge in [-0.15, -0.1) is 11.3 Å². The number of nitrogens with one attached hydrogen (secondary N) is 2. The number of rotatable bonds is 7. The summed E-state index contributed by atoms with van der Waals surface area (Å²) in [5.41, 5.74) is -0.484. The molecule has 0 bridgehead atoms. The van der Waals surface area contributed by atoms with Crippen LogP contribution in [0, 0.1) is 5.92 Å². The molecule has 0 saturated heterocycles. The van der Waals surface area contributed by atoms with Gasteiger partial charge < -0.3 is 5.32 Å². The van der Waals surface area contributed by atoms with E-state index in [1.54, 1.807) is 11.3 Å². The van der Waals surface area contributed by atoms with Crippen LogP contribution in [0.1, 0.15) is 50.4 Å². The Morgan fingerprint density at radius 1 is 1.38 bits per heavy atom. The second-order valence-corrected chi connectivity index (χ2v) is 9.40. The van der Waals surface area contributed by atoms with Crippen molar-refractivity contribution < 1.29 is 8.42 Å². The minimum Gasteiger partial charge on any atom is -0.307 e. The van der Waals surface area contributed by atoms with Crippen LogP contribution >= 0.6 is 11.3 Å². The molecular weight excluding hydrogens is 304 g/mol. The van der Waals surface area contributed by atoms with E-state index in [2.05, 4.69) is 27.6 Å². The minimum absolute atomic E-state index is 0.341. The Balaban J connectivity index is 2.02. The van der Waals surface area contributed by atoms with Gasteiger partial charge in [0, 0.05) is 23.0 Å². The molecule has 1 saturated carbocycles. The zero-order chi connectivity index (χ0) is 15.5. The fourth-order valence-corrected chi connectivity index (χ4v) is 5.13. The summed E-state index contributed by atoms with van der Waals surface area (Å²) in [5.74, 6) is 0.665. The molecule has 1 atom stereocenters. The molecule has 1 aromatic rings. The van der Waals surface area contributed by atoms with Crippen LogP contribution < -0.4 is 10.0 Å². The smallest absolute Gasteiger partial charge is 0.209 e. The molecule has 1 fully saturated rings. The third kappa shape index (κ3) is 5.36. The molecule has 0 aromatic carbocycles. The Bertz CT molecular complexity index is 532. The molecule has 0 spiro atoms. The van der Waals surface area contributed by atoms with Crippen LogP contribution in [0.25, 0.3) is 0 Å². The van der Waals surface area contributed by atoms with E-state index in [0.29, 0.717) is 18.5 Å². The summed E-state index contributed by atoms with van der Waals surface area (Å²) in [6.45, 7) is 4.46. The van der Waals surface area contributed by atoms with Crippen molar-refractivity contribution in [3.63, 3.8) is 0 Å². The van der Waals surface area contributed by atoms with Crippen molar-refractivity contribution in [1.29, 1.82) is 0 Å². The van der Waals surface area contributed by atoms with E-state index in [1.165, 1.54) is 36.8 Å². The molecule has 0 radical (unpaired) electrons. The van der Waals surface area contributed by atoms with Gasteiger partial charge in [-0.25, -0.2) is 13.1 Å². The average molecular weight is 331 g/mol. The first-order valence-electron chi connectivity index (χ1n) is 7.53. The van der Waals surface area contributed by atoms with Crippen molar-refractivity contribution in [3.05, 3.63) is 22.4 Å². The lowest BCUT2D eigenvalue weighted by atomic mass is 9.95. The van der Waals surface area contributed by atoms with Gasteiger partial charge in [0.05, 0.1) is 6.26 Å². The fourth-order valence-electron chi connectivity index (χ4n) is 3.16. The highest BCUT2D eigenvalue weighted by Crippen LogP contribution is 2.37. The molecular formula is C15H26N2O2S2. The first kappa shape index (κ1) is 16.9. The van der Waals surface area contributed by atoms with Crippen LogP contribution in [0.2, 0.25) is 0 Å². The quantitative estimate of drug-likeness (QED) is 0.808. The number of hydrogen-bond acceptors (Lipinski definition) is 4. The first-order valence-corrected chi connectivity index (χ1v) is 10.3. The topological polar surface area (TPSA) is 58.2 Å². The summed E-state index contributed by atoms with van der Waals surface area (Å²) in [5, 5.41) is 5.72. The van der Waals surface area contributed by atoms with Crippen LogP contribution in [0.3, 0.4) is 0 Å². The molecule has 0 aliphatic heterocycles. The summed E-state index contributed by atoms with van der Waals surface area (Å²) in [6, 6.07) is 4.61. The number of sulfonamides is 1. The molecule has 120 valence electrons. The van der Waals surface area contributed by atoms with Gasteiger partial charge in [0.25, 0.3) is 0 Å². The maximum atomic E-state index is 11.4. The standard InChI is InChI=1S/C15H26N2O2S2/c1-15(2,17-21(3,18)19)11-16-14(12-7-4-5-8-12)13-9-6-10-20-13/h6,9-10,12,14,16-17H,4-5,7-8,11H2,1-3H3.